The molecule has 6 heteroatoms. The molecular formula is C13H19NO4S. The lowest BCUT2D eigenvalue weighted by Crippen LogP contribution is -2.27. The molecule has 0 aliphatic carbocycles. The maximum atomic E-state index is 11.6. The van der Waals surface area contributed by atoms with Gasteiger partial charge in [-0.25, -0.2) is 8.42 Å². The number of carbonyl (C=O) groups is 1. The standard InChI is InChI=1S/C13H19NO4S/c1-13(2,3)18-9-12(15)14-10-5-7-11(8-6-10)19(4,16)17/h5-8H,9H2,1-4H3,(H,14,15). The summed E-state index contributed by atoms with van der Waals surface area (Å²) < 4.78 is 27.9. The zero-order valence-corrected chi connectivity index (χ0v) is 12.4. The largest absolute Gasteiger partial charge is 0.366 e. The number of sulfone groups is 1. The minimum Gasteiger partial charge on any atom is -0.366 e. The highest BCUT2D eigenvalue weighted by atomic mass is 32.2. The van der Waals surface area contributed by atoms with E-state index in [0.29, 0.717) is 5.69 Å². The molecule has 0 fully saturated rings. The molecule has 0 unspecified atom stereocenters. The number of hydrogen-bond acceptors (Lipinski definition) is 4. The number of benzene rings is 1. The molecule has 19 heavy (non-hydrogen) atoms. The van der Waals surface area contributed by atoms with E-state index in [4.69, 9.17) is 4.74 Å². The van der Waals surface area contributed by atoms with Gasteiger partial charge in [0.25, 0.3) is 0 Å². The highest BCUT2D eigenvalue weighted by Crippen LogP contribution is 2.14. The van der Waals surface area contributed by atoms with Crippen LogP contribution in [-0.2, 0) is 19.4 Å². The number of anilines is 1. The maximum Gasteiger partial charge on any atom is 0.250 e. The summed E-state index contributed by atoms with van der Waals surface area (Å²) in [5.74, 6) is -0.276. The molecule has 0 atom stereocenters. The Hall–Kier alpha value is -1.40. The van der Waals surface area contributed by atoms with E-state index >= 15 is 0 Å². The highest BCUT2D eigenvalue weighted by Gasteiger charge is 2.13. The van der Waals surface area contributed by atoms with Gasteiger partial charge in [0.15, 0.2) is 9.84 Å². The number of amides is 1. The van der Waals surface area contributed by atoms with Crippen molar-refractivity contribution in [2.45, 2.75) is 31.3 Å². The maximum absolute atomic E-state index is 11.6. The van der Waals surface area contributed by atoms with Crippen LogP contribution >= 0.6 is 0 Å². The third-order valence-electron chi connectivity index (χ3n) is 2.20. The Kier molecular flexibility index (Phi) is 4.70. The zero-order valence-electron chi connectivity index (χ0n) is 11.6. The average Bonchev–Trinajstić information content (AvgIpc) is 2.25. The third-order valence-corrected chi connectivity index (χ3v) is 3.33. The second-order valence-electron chi connectivity index (χ2n) is 5.25. The summed E-state index contributed by atoms with van der Waals surface area (Å²) >= 11 is 0. The Bertz CT molecular complexity index is 541. The third kappa shape index (κ3) is 5.85. The Morgan fingerprint density at radius 1 is 1.21 bits per heavy atom. The average molecular weight is 285 g/mol. The molecule has 1 aromatic carbocycles. The van der Waals surface area contributed by atoms with Gasteiger partial charge in [0, 0.05) is 11.9 Å². The summed E-state index contributed by atoms with van der Waals surface area (Å²) in [5.41, 5.74) is 0.159. The number of hydrogen-bond donors (Lipinski definition) is 1. The van der Waals surface area contributed by atoms with Crippen LogP contribution in [0.1, 0.15) is 20.8 Å². The van der Waals surface area contributed by atoms with Gasteiger partial charge in [-0.15, -0.1) is 0 Å². The SMILES string of the molecule is CC(C)(C)OCC(=O)Nc1ccc(S(C)(=O)=O)cc1. The molecule has 1 amide bonds. The predicted molar refractivity (Wildman–Crippen MR) is 73.9 cm³/mol. The van der Waals surface area contributed by atoms with Crippen LogP contribution in [0.5, 0.6) is 0 Å². The molecule has 0 heterocycles. The van der Waals surface area contributed by atoms with Crippen molar-refractivity contribution in [2.75, 3.05) is 18.2 Å². The lowest BCUT2D eigenvalue weighted by atomic mass is 10.2. The van der Waals surface area contributed by atoms with Crippen molar-refractivity contribution < 1.29 is 17.9 Å². The second kappa shape index (κ2) is 5.71. The molecule has 0 bridgehead atoms. The quantitative estimate of drug-likeness (QED) is 0.916. The van der Waals surface area contributed by atoms with E-state index in [1.807, 2.05) is 20.8 Å². The molecule has 1 rings (SSSR count). The molecule has 0 aliphatic heterocycles. The van der Waals surface area contributed by atoms with Crippen molar-refractivity contribution in [3.63, 3.8) is 0 Å². The van der Waals surface area contributed by atoms with Crippen molar-refractivity contribution in [3.05, 3.63) is 24.3 Å². The van der Waals surface area contributed by atoms with Gasteiger partial charge in [-0.3, -0.25) is 4.79 Å². The lowest BCUT2D eigenvalue weighted by molar-refractivity contribution is -0.125. The molecule has 0 radical (unpaired) electrons. The van der Waals surface area contributed by atoms with Crippen LogP contribution in [0.2, 0.25) is 0 Å². The number of nitrogens with one attached hydrogen (secondary N) is 1. The van der Waals surface area contributed by atoms with Crippen LogP contribution in [0, 0.1) is 0 Å². The van der Waals surface area contributed by atoms with Crippen molar-refractivity contribution in [1.82, 2.24) is 0 Å². The first-order valence-corrected chi connectivity index (χ1v) is 7.71. The van der Waals surface area contributed by atoms with Crippen LogP contribution in [0.25, 0.3) is 0 Å². The van der Waals surface area contributed by atoms with Crippen LogP contribution in [-0.4, -0.2) is 32.8 Å². The van der Waals surface area contributed by atoms with Crippen LogP contribution in [0.3, 0.4) is 0 Å². The van der Waals surface area contributed by atoms with Gasteiger partial charge in [0.1, 0.15) is 6.61 Å². The smallest absolute Gasteiger partial charge is 0.250 e. The second-order valence-corrected chi connectivity index (χ2v) is 7.26. The minimum atomic E-state index is -3.22. The minimum absolute atomic E-state index is 0.0443. The highest BCUT2D eigenvalue weighted by molar-refractivity contribution is 7.90. The molecule has 0 spiro atoms. The summed E-state index contributed by atoms with van der Waals surface area (Å²) in [7, 11) is -3.22. The van der Waals surface area contributed by atoms with E-state index in [9.17, 15) is 13.2 Å². The van der Waals surface area contributed by atoms with Gasteiger partial charge in [0.05, 0.1) is 10.5 Å². The van der Waals surface area contributed by atoms with E-state index in [0.717, 1.165) is 6.26 Å². The number of carbonyl (C=O) groups excluding carboxylic acids is 1. The summed E-state index contributed by atoms with van der Waals surface area (Å²) in [6, 6.07) is 6.00. The molecular weight excluding hydrogens is 266 g/mol. The molecule has 0 aliphatic rings. The van der Waals surface area contributed by atoms with Gasteiger partial charge in [-0.2, -0.15) is 0 Å². The molecule has 106 valence electrons. The predicted octanol–water partition coefficient (Wildman–Crippen LogP) is 1.84. The molecule has 1 N–H and O–H groups in total. The summed E-state index contributed by atoms with van der Waals surface area (Å²) in [6.07, 6.45) is 1.14. The topological polar surface area (TPSA) is 72.5 Å². The van der Waals surface area contributed by atoms with Crippen LogP contribution < -0.4 is 5.32 Å². The molecule has 0 aromatic heterocycles. The van der Waals surface area contributed by atoms with E-state index in [-0.39, 0.29) is 23.0 Å². The number of ether oxygens (including phenoxy) is 1. The number of rotatable bonds is 4. The van der Waals surface area contributed by atoms with Gasteiger partial charge < -0.3 is 10.1 Å². The Morgan fingerprint density at radius 3 is 2.16 bits per heavy atom. The first-order chi connectivity index (χ1) is 8.58. The van der Waals surface area contributed by atoms with Crippen molar-refractivity contribution in [2.24, 2.45) is 0 Å². The molecule has 0 saturated carbocycles. The van der Waals surface area contributed by atoms with E-state index in [1.54, 1.807) is 12.1 Å². The molecule has 0 saturated heterocycles. The van der Waals surface area contributed by atoms with Gasteiger partial charge in [0.2, 0.25) is 5.91 Å². The van der Waals surface area contributed by atoms with Crippen LogP contribution in [0.4, 0.5) is 5.69 Å². The Balaban J connectivity index is 2.61. The fourth-order valence-electron chi connectivity index (χ4n) is 1.26. The van der Waals surface area contributed by atoms with Crippen molar-refractivity contribution in [3.8, 4) is 0 Å². The summed E-state index contributed by atoms with van der Waals surface area (Å²) in [4.78, 5) is 11.8. The van der Waals surface area contributed by atoms with Gasteiger partial charge in [-0.05, 0) is 45.0 Å². The molecule has 5 nitrogen and oxygen atoms in total. The normalized spacial score (nSPS) is 12.2. The van der Waals surface area contributed by atoms with E-state index in [1.165, 1.54) is 12.1 Å². The summed E-state index contributed by atoms with van der Waals surface area (Å²) in [5, 5.41) is 2.63. The van der Waals surface area contributed by atoms with Crippen LogP contribution in [0.15, 0.2) is 29.2 Å². The lowest BCUT2D eigenvalue weighted by Gasteiger charge is -2.19. The van der Waals surface area contributed by atoms with Gasteiger partial charge in [-0.1, -0.05) is 0 Å². The fraction of sp³-hybridized carbons (Fsp3) is 0.462. The molecule has 1 aromatic rings. The van der Waals surface area contributed by atoms with Gasteiger partial charge >= 0.3 is 0 Å². The zero-order chi connectivity index (χ0) is 14.7. The fourth-order valence-corrected chi connectivity index (χ4v) is 1.90. The van der Waals surface area contributed by atoms with Crippen molar-refractivity contribution >= 4 is 21.4 Å². The monoisotopic (exact) mass is 285 g/mol. The Labute approximate surface area is 113 Å². The van der Waals surface area contributed by atoms with Crippen molar-refractivity contribution in [1.29, 1.82) is 0 Å². The van der Waals surface area contributed by atoms with E-state index < -0.39 is 9.84 Å². The first kappa shape index (κ1) is 15.7. The van der Waals surface area contributed by atoms with E-state index in [2.05, 4.69) is 5.32 Å². The Morgan fingerprint density at radius 2 is 1.74 bits per heavy atom. The summed E-state index contributed by atoms with van der Waals surface area (Å²) in [6.45, 7) is 5.54. The first-order valence-electron chi connectivity index (χ1n) is 5.82.